The van der Waals surface area contributed by atoms with Crippen LogP contribution in [0.4, 0.5) is 0 Å². The summed E-state index contributed by atoms with van der Waals surface area (Å²) in [5.74, 6) is -0.155. The van der Waals surface area contributed by atoms with Crippen molar-refractivity contribution in [2.75, 3.05) is 33.2 Å². The lowest BCUT2D eigenvalue weighted by atomic mass is 10.3. The zero-order chi connectivity index (χ0) is 11.5. The number of hydrogen-bond donors (Lipinski definition) is 1. The minimum absolute atomic E-state index is 0.0141. The zero-order valence-electron chi connectivity index (χ0n) is 9.74. The van der Waals surface area contributed by atoms with Gasteiger partial charge in [0.1, 0.15) is 6.42 Å². The first-order valence-electron chi connectivity index (χ1n) is 5.91. The van der Waals surface area contributed by atoms with E-state index in [-0.39, 0.29) is 18.2 Å². The Morgan fingerprint density at radius 2 is 1.81 bits per heavy atom. The molecule has 0 aromatic rings. The number of nitrogens with zero attached hydrogens (tertiary/aromatic N) is 2. The smallest absolute Gasteiger partial charge is 0.232 e. The number of rotatable bonds is 3. The second-order valence-electron chi connectivity index (χ2n) is 4.70. The third kappa shape index (κ3) is 3.20. The van der Waals surface area contributed by atoms with Gasteiger partial charge in [0.05, 0.1) is 0 Å². The van der Waals surface area contributed by atoms with Crippen molar-refractivity contribution in [2.45, 2.75) is 25.3 Å². The van der Waals surface area contributed by atoms with Crippen molar-refractivity contribution in [3.05, 3.63) is 0 Å². The molecule has 2 rings (SSSR count). The van der Waals surface area contributed by atoms with E-state index < -0.39 is 0 Å². The molecule has 1 saturated carbocycles. The van der Waals surface area contributed by atoms with Gasteiger partial charge >= 0.3 is 0 Å². The van der Waals surface area contributed by atoms with Gasteiger partial charge in [-0.1, -0.05) is 0 Å². The van der Waals surface area contributed by atoms with Crippen LogP contribution < -0.4 is 5.32 Å². The highest BCUT2D eigenvalue weighted by Crippen LogP contribution is 2.18. The summed E-state index contributed by atoms with van der Waals surface area (Å²) in [4.78, 5) is 27.2. The average Bonchev–Trinajstić information content (AvgIpc) is 3.02. The quantitative estimate of drug-likeness (QED) is 0.654. The third-order valence-corrected chi connectivity index (χ3v) is 3.11. The Labute approximate surface area is 95.8 Å². The van der Waals surface area contributed by atoms with Gasteiger partial charge in [0.2, 0.25) is 11.8 Å². The average molecular weight is 225 g/mol. The summed E-state index contributed by atoms with van der Waals surface area (Å²) in [6.45, 7) is 3.28. The fraction of sp³-hybridized carbons (Fsp3) is 0.818. The van der Waals surface area contributed by atoms with Crippen molar-refractivity contribution in [2.24, 2.45) is 0 Å². The predicted molar refractivity (Wildman–Crippen MR) is 59.9 cm³/mol. The molecular weight excluding hydrogens is 206 g/mol. The fourth-order valence-electron chi connectivity index (χ4n) is 1.81. The molecule has 1 heterocycles. The molecule has 1 aliphatic heterocycles. The standard InChI is InChI=1S/C11H19N3O2/c1-13-4-6-14(7-5-13)11(16)8-10(15)12-9-2-3-9/h9H,2-8H2,1H3,(H,12,15). The molecule has 90 valence electrons. The first-order valence-corrected chi connectivity index (χ1v) is 5.91. The first kappa shape index (κ1) is 11.4. The molecule has 1 saturated heterocycles. The number of carbonyl (C=O) groups is 2. The molecule has 0 radical (unpaired) electrons. The van der Waals surface area contributed by atoms with Crippen LogP contribution in [0.15, 0.2) is 0 Å². The summed E-state index contributed by atoms with van der Waals surface area (Å²) in [6.07, 6.45) is 2.14. The Morgan fingerprint density at radius 1 is 1.19 bits per heavy atom. The van der Waals surface area contributed by atoms with E-state index in [2.05, 4.69) is 10.2 Å². The maximum absolute atomic E-state index is 11.8. The number of likely N-dealkylation sites (N-methyl/N-ethyl adjacent to an activating group) is 1. The normalized spacial score (nSPS) is 21.9. The molecule has 2 amide bonds. The van der Waals surface area contributed by atoms with E-state index in [1.807, 2.05) is 7.05 Å². The summed E-state index contributed by atoms with van der Waals surface area (Å²) in [6, 6.07) is 0.341. The van der Waals surface area contributed by atoms with Crippen molar-refractivity contribution in [1.82, 2.24) is 15.1 Å². The molecule has 0 aromatic heterocycles. The van der Waals surface area contributed by atoms with Gasteiger partial charge in [-0.2, -0.15) is 0 Å². The molecule has 0 bridgehead atoms. The van der Waals surface area contributed by atoms with Crippen LogP contribution in [0.1, 0.15) is 19.3 Å². The van der Waals surface area contributed by atoms with Crippen LogP contribution in [0, 0.1) is 0 Å². The molecule has 5 nitrogen and oxygen atoms in total. The van der Waals surface area contributed by atoms with Gasteiger partial charge in [-0.05, 0) is 19.9 Å². The Kier molecular flexibility index (Phi) is 3.43. The van der Waals surface area contributed by atoms with Gasteiger partial charge in [0, 0.05) is 32.2 Å². The lowest BCUT2D eigenvalue weighted by molar-refractivity contribution is -0.137. The summed E-state index contributed by atoms with van der Waals surface area (Å²) in [5, 5.41) is 2.84. The Bertz CT molecular complexity index is 281. The molecule has 5 heteroatoms. The van der Waals surface area contributed by atoms with Crippen LogP contribution in [0.25, 0.3) is 0 Å². The van der Waals surface area contributed by atoms with Gasteiger partial charge in [0.25, 0.3) is 0 Å². The maximum atomic E-state index is 11.8. The monoisotopic (exact) mass is 225 g/mol. The summed E-state index contributed by atoms with van der Waals surface area (Å²) < 4.78 is 0. The van der Waals surface area contributed by atoms with Crippen molar-refractivity contribution in [1.29, 1.82) is 0 Å². The number of nitrogens with one attached hydrogen (secondary N) is 1. The van der Waals surface area contributed by atoms with Crippen LogP contribution in [-0.2, 0) is 9.59 Å². The second kappa shape index (κ2) is 4.82. The molecule has 0 spiro atoms. The molecule has 0 atom stereocenters. The molecule has 2 aliphatic rings. The number of amides is 2. The molecule has 1 N–H and O–H groups in total. The number of hydrogen-bond acceptors (Lipinski definition) is 3. The topological polar surface area (TPSA) is 52.7 Å². The van der Waals surface area contributed by atoms with Crippen molar-refractivity contribution >= 4 is 11.8 Å². The Hall–Kier alpha value is -1.10. The van der Waals surface area contributed by atoms with Crippen LogP contribution in [0.2, 0.25) is 0 Å². The third-order valence-electron chi connectivity index (χ3n) is 3.11. The predicted octanol–water partition coefficient (Wildman–Crippen LogP) is -0.571. The van der Waals surface area contributed by atoms with E-state index in [9.17, 15) is 9.59 Å². The molecule has 0 unspecified atom stereocenters. The van der Waals surface area contributed by atoms with E-state index in [1.165, 1.54) is 0 Å². The van der Waals surface area contributed by atoms with Crippen LogP contribution in [0.3, 0.4) is 0 Å². The van der Waals surface area contributed by atoms with Gasteiger partial charge in [-0.15, -0.1) is 0 Å². The maximum Gasteiger partial charge on any atom is 0.232 e. The summed E-state index contributed by atoms with van der Waals surface area (Å²) in [7, 11) is 2.04. The van der Waals surface area contributed by atoms with Gasteiger partial charge < -0.3 is 15.1 Å². The highest BCUT2D eigenvalue weighted by Gasteiger charge is 2.26. The van der Waals surface area contributed by atoms with Crippen LogP contribution in [-0.4, -0.2) is 60.9 Å². The summed E-state index contributed by atoms with van der Waals surface area (Å²) in [5.41, 5.74) is 0. The van der Waals surface area contributed by atoms with E-state index >= 15 is 0 Å². The Morgan fingerprint density at radius 3 is 2.38 bits per heavy atom. The van der Waals surface area contributed by atoms with E-state index in [0.717, 1.165) is 39.0 Å². The van der Waals surface area contributed by atoms with Gasteiger partial charge in [-0.25, -0.2) is 0 Å². The lowest BCUT2D eigenvalue weighted by Gasteiger charge is -2.32. The zero-order valence-corrected chi connectivity index (χ0v) is 9.74. The lowest BCUT2D eigenvalue weighted by Crippen LogP contribution is -2.48. The largest absolute Gasteiger partial charge is 0.353 e. The molecule has 1 aliphatic carbocycles. The minimum Gasteiger partial charge on any atom is -0.353 e. The second-order valence-corrected chi connectivity index (χ2v) is 4.70. The van der Waals surface area contributed by atoms with Gasteiger partial charge in [0.15, 0.2) is 0 Å². The van der Waals surface area contributed by atoms with Crippen molar-refractivity contribution in [3.8, 4) is 0 Å². The number of piperazine rings is 1. The first-order chi connectivity index (χ1) is 7.65. The Balaban J connectivity index is 1.71. The molecular formula is C11H19N3O2. The minimum atomic E-state index is -0.119. The van der Waals surface area contributed by atoms with E-state index in [4.69, 9.17) is 0 Å². The van der Waals surface area contributed by atoms with Crippen molar-refractivity contribution in [3.63, 3.8) is 0 Å². The van der Waals surface area contributed by atoms with E-state index in [1.54, 1.807) is 4.90 Å². The van der Waals surface area contributed by atoms with E-state index in [0.29, 0.717) is 6.04 Å². The summed E-state index contributed by atoms with van der Waals surface area (Å²) >= 11 is 0. The molecule has 0 aromatic carbocycles. The van der Waals surface area contributed by atoms with Gasteiger partial charge in [-0.3, -0.25) is 9.59 Å². The van der Waals surface area contributed by atoms with Crippen molar-refractivity contribution < 1.29 is 9.59 Å². The fourth-order valence-corrected chi connectivity index (χ4v) is 1.81. The van der Waals surface area contributed by atoms with Crippen LogP contribution in [0.5, 0.6) is 0 Å². The van der Waals surface area contributed by atoms with Crippen LogP contribution >= 0.6 is 0 Å². The highest BCUT2D eigenvalue weighted by molar-refractivity contribution is 5.97. The number of carbonyl (C=O) groups excluding carboxylic acids is 2. The molecule has 2 fully saturated rings. The molecule has 16 heavy (non-hydrogen) atoms. The SMILES string of the molecule is CN1CCN(C(=O)CC(=O)NC2CC2)CC1. The highest BCUT2D eigenvalue weighted by atomic mass is 16.2.